The van der Waals surface area contributed by atoms with Crippen molar-refractivity contribution >= 4 is 11.6 Å². The number of hydrogen-bond donors (Lipinski definition) is 2. The summed E-state index contributed by atoms with van der Waals surface area (Å²) in [6, 6.07) is 7.97. The molecule has 0 spiro atoms. The SMILES string of the molecule is CCCC(CN)C(=O)Nc1ccccc1C(C)(C)C. The number of carbonyl (C=O) groups excluding carboxylic acids is 1. The maximum absolute atomic E-state index is 12.2. The molecule has 3 nitrogen and oxygen atoms in total. The second-order valence-electron chi connectivity index (χ2n) is 6.01. The van der Waals surface area contributed by atoms with E-state index in [2.05, 4.69) is 39.1 Å². The molecule has 1 amide bonds. The number of benzene rings is 1. The van der Waals surface area contributed by atoms with Gasteiger partial charge in [0.1, 0.15) is 0 Å². The van der Waals surface area contributed by atoms with Crippen molar-refractivity contribution in [3.05, 3.63) is 29.8 Å². The minimum Gasteiger partial charge on any atom is -0.330 e. The van der Waals surface area contributed by atoms with Crippen LogP contribution in [0.2, 0.25) is 0 Å². The van der Waals surface area contributed by atoms with E-state index in [1.165, 1.54) is 0 Å². The molecule has 3 heteroatoms. The topological polar surface area (TPSA) is 55.1 Å². The monoisotopic (exact) mass is 262 g/mol. The molecule has 1 aromatic rings. The van der Waals surface area contributed by atoms with Crippen LogP contribution in [0.1, 0.15) is 46.1 Å². The van der Waals surface area contributed by atoms with Crippen LogP contribution in [0.3, 0.4) is 0 Å². The highest BCUT2D eigenvalue weighted by Gasteiger charge is 2.21. The van der Waals surface area contributed by atoms with Crippen LogP contribution in [0.25, 0.3) is 0 Å². The van der Waals surface area contributed by atoms with Gasteiger partial charge in [0, 0.05) is 12.2 Å². The average molecular weight is 262 g/mol. The molecule has 19 heavy (non-hydrogen) atoms. The molecule has 1 unspecified atom stereocenters. The van der Waals surface area contributed by atoms with E-state index in [4.69, 9.17) is 5.73 Å². The van der Waals surface area contributed by atoms with Gasteiger partial charge in [0.2, 0.25) is 5.91 Å². The van der Waals surface area contributed by atoms with Gasteiger partial charge in [-0.1, -0.05) is 52.3 Å². The van der Waals surface area contributed by atoms with E-state index in [0.717, 1.165) is 24.1 Å². The molecule has 106 valence electrons. The summed E-state index contributed by atoms with van der Waals surface area (Å²) < 4.78 is 0. The van der Waals surface area contributed by atoms with Gasteiger partial charge in [-0.25, -0.2) is 0 Å². The van der Waals surface area contributed by atoms with Gasteiger partial charge in [0.05, 0.1) is 5.92 Å². The molecule has 0 saturated heterocycles. The lowest BCUT2D eigenvalue weighted by molar-refractivity contribution is -0.119. The fourth-order valence-electron chi connectivity index (χ4n) is 2.19. The first kappa shape index (κ1) is 15.7. The number of hydrogen-bond acceptors (Lipinski definition) is 2. The van der Waals surface area contributed by atoms with Gasteiger partial charge in [0.25, 0.3) is 0 Å². The quantitative estimate of drug-likeness (QED) is 0.855. The molecular weight excluding hydrogens is 236 g/mol. The van der Waals surface area contributed by atoms with Crippen LogP contribution >= 0.6 is 0 Å². The van der Waals surface area contributed by atoms with Crippen molar-refractivity contribution in [2.75, 3.05) is 11.9 Å². The Labute approximate surface area is 116 Å². The van der Waals surface area contributed by atoms with Crippen molar-refractivity contribution in [1.29, 1.82) is 0 Å². The third kappa shape index (κ3) is 4.35. The second kappa shape index (κ2) is 6.71. The highest BCUT2D eigenvalue weighted by Crippen LogP contribution is 2.29. The molecule has 0 aliphatic heterocycles. The maximum Gasteiger partial charge on any atom is 0.228 e. The van der Waals surface area contributed by atoms with Crippen LogP contribution < -0.4 is 11.1 Å². The minimum absolute atomic E-state index is 0.00679. The Hall–Kier alpha value is -1.35. The summed E-state index contributed by atoms with van der Waals surface area (Å²) in [5, 5.41) is 3.03. The summed E-state index contributed by atoms with van der Waals surface area (Å²) in [7, 11) is 0. The third-order valence-electron chi connectivity index (χ3n) is 3.29. The lowest BCUT2D eigenvalue weighted by atomic mass is 9.85. The fourth-order valence-corrected chi connectivity index (χ4v) is 2.19. The molecule has 3 N–H and O–H groups in total. The standard InChI is InChI=1S/C16H26N2O/c1-5-8-12(11-17)15(19)18-14-10-7-6-9-13(14)16(2,3)4/h6-7,9-10,12H,5,8,11,17H2,1-4H3,(H,18,19). The van der Waals surface area contributed by atoms with Gasteiger partial charge >= 0.3 is 0 Å². The van der Waals surface area contributed by atoms with E-state index in [1.54, 1.807) is 0 Å². The summed E-state index contributed by atoms with van der Waals surface area (Å²) in [6.07, 6.45) is 1.80. The van der Waals surface area contributed by atoms with Crippen molar-refractivity contribution in [2.45, 2.75) is 46.0 Å². The molecule has 0 aliphatic carbocycles. The lowest BCUT2D eigenvalue weighted by Gasteiger charge is -2.24. The molecule has 0 aromatic heterocycles. The molecule has 1 aromatic carbocycles. The first-order valence-corrected chi connectivity index (χ1v) is 7.00. The Kier molecular flexibility index (Phi) is 5.55. The van der Waals surface area contributed by atoms with Crippen LogP contribution in [0, 0.1) is 5.92 Å². The normalized spacial score (nSPS) is 13.1. The smallest absolute Gasteiger partial charge is 0.228 e. The van der Waals surface area contributed by atoms with Gasteiger partial charge < -0.3 is 11.1 Å². The Balaban J connectivity index is 2.91. The minimum atomic E-state index is -0.0991. The highest BCUT2D eigenvalue weighted by atomic mass is 16.1. The van der Waals surface area contributed by atoms with Crippen LogP contribution in [-0.4, -0.2) is 12.5 Å². The molecule has 0 aliphatic rings. The third-order valence-corrected chi connectivity index (χ3v) is 3.29. The van der Waals surface area contributed by atoms with Crippen LogP contribution in [0.5, 0.6) is 0 Å². The Morgan fingerprint density at radius 3 is 2.47 bits per heavy atom. The van der Waals surface area contributed by atoms with E-state index < -0.39 is 0 Å². The lowest BCUT2D eigenvalue weighted by Crippen LogP contribution is -2.30. The summed E-state index contributed by atoms with van der Waals surface area (Å²) in [6.45, 7) is 8.90. The summed E-state index contributed by atoms with van der Waals surface area (Å²) in [5.74, 6) is -0.0703. The molecule has 0 heterocycles. The number of carbonyl (C=O) groups is 1. The van der Waals surface area contributed by atoms with Crippen LogP contribution in [0.15, 0.2) is 24.3 Å². The first-order valence-electron chi connectivity index (χ1n) is 7.00. The Morgan fingerprint density at radius 2 is 1.95 bits per heavy atom. The predicted molar refractivity (Wildman–Crippen MR) is 81.2 cm³/mol. The van der Waals surface area contributed by atoms with Gasteiger partial charge in [-0.15, -0.1) is 0 Å². The molecule has 0 radical (unpaired) electrons. The van der Waals surface area contributed by atoms with Crippen molar-refractivity contribution in [3.8, 4) is 0 Å². The van der Waals surface area contributed by atoms with E-state index in [1.807, 2.05) is 18.2 Å². The van der Waals surface area contributed by atoms with Gasteiger partial charge in [-0.3, -0.25) is 4.79 Å². The van der Waals surface area contributed by atoms with Crippen LogP contribution in [-0.2, 0) is 10.2 Å². The fraction of sp³-hybridized carbons (Fsp3) is 0.562. The Morgan fingerprint density at radius 1 is 1.32 bits per heavy atom. The first-order chi connectivity index (χ1) is 8.90. The van der Waals surface area contributed by atoms with E-state index in [-0.39, 0.29) is 17.2 Å². The van der Waals surface area contributed by atoms with Crippen molar-refractivity contribution < 1.29 is 4.79 Å². The molecule has 1 rings (SSSR count). The highest BCUT2D eigenvalue weighted by molar-refractivity contribution is 5.93. The predicted octanol–water partition coefficient (Wildman–Crippen LogP) is 3.30. The zero-order valence-electron chi connectivity index (χ0n) is 12.5. The zero-order chi connectivity index (χ0) is 14.5. The largest absolute Gasteiger partial charge is 0.330 e. The van der Waals surface area contributed by atoms with Crippen LogP contribution in [0.4, 0.5) is 5.69 Å². The molecular formula is C16H26N2O. The number of para-hydroxylation sites is 1. The second-order valence-corrected chi connectivity index (χ2v) is 6.01. The van der Waals surface area contributed by atoms with E-state index in [0.29, 0.717) is 6.54 Å². The van der Waals surface area contributed by atoms with Gasteiger partial charge in [-0.05, 0) is 23.5 Å². The van der Waals surface area contributed by atoms with Crippen molar-refractivity contribution in [2.24, 2.45) is 11.7 Å². The molecule has 0 saturated carbocycles. The number of nitrogens with one attached hydrogen (secondary N) is 1. The number of rotatable bonds is 5. The summed E-state index contributed by atoms with van der Waals surface area (Å²) >= 11 is 0. The van der Waals surface area contributed by atoms with Gasteiger partial charge in [-0.2, -0.15) is 0 Å². The number of amides is 1. The van der Waals surface area contributed by atoms with Crippen molar-refractivity contribution in [3.63, 3.8) is 0 Å². The van der Waals surface area contributed by atoms with Crippen molar-refractivity contribution in [1.82, 2.24) is 0 Å². The summed E-state index contributed by atoms with van der Waals surface area (Å²) in [5.41, 5.74) is 7.73. The van der Waals surface area contributed by atoms with E-state index in [9.17, 15) is 4.79 Å². The zero-order valence-corrected chi connectivity index (χ0v) is 12.5. The summed E-state index contributed by atoms with van der Waals surface area (Å²) in [4.78, 5) is 12.2. The maximum atomic E-state index is 12.2. The molecule has 1 atom stereocenters. The van der Waals surface area contributed by atoms with Gasteiger partial charge in [0.15, 0.2) is 0 Å². The molecule has 0 bridgehead atoms. The van der Waals surface area contributed by atoms with E-state index >= 15 is 0 Å². The number of nitrogens with two attached hydrogens (primary N) is 1. The molecule has 0 fully saturated rings. The number of anilines is 1. The average Bonchev–Trinajstić information content (AvgIpc) is 2.35. The Bertz CT molecular complexity index is 421.